The number of rotatable bonds is 4. The zero-order chi connectivity index (χ0) is 13.0. The zero-order valence-electron chi connectivity index (χ0n) is 11.6. The molecule has 1 aliphatic rings. The molecule has 100 valence electrons. The Kier molecular flexibility index (Phi) is 4.75. The van der Waals surface area contributed by atoms with Crippen LogP contribution in [0.2, 0.25) is 0 Å². The lowest BCUT2D eigenvalue weighted by molar-refractivity contribution is 0.0708. The minimum absolute atomic E-state index is 0.392. The maximum atomic E-state index is 5.52. The smallest absolute Gasteiger partial charge is 0.0620 e. The predicted octanol–water partition coefficient (Wildman–Crippen LogP) is 1.94. The first-order chi connectivity index (χ1) is 8.70. The molecule has 1 aromatic carbocycles. The van der Waals surface area contributed by atoms with Gasteiger partial charge in [-0.1, -0.05) is 18.2 Å². The molecule has 1 heterocycles. The quantitative estimate of drug-likeness (QED) is 0.854. The van der Waals surface area contributed by atoms with Crippen LogP contribution >= 0.6 is 0 Å². The molecule has 2 rings (SSSR count). The summed E-state index contributed by atoms with van der Waals surface area (Å²) in [5.74, 6) is 0. The minimum Gasteiger partial charge on any atom is -0.379 e. The van der Waals surface area contributed by atoms with Crippen molar-refractivity contribution in [3.05, 3.63) is 34.9 Å². The molecule has 0 aromatic heterocycles. The molecule has 3 nitrogen and oxygen atoms in total. The molecule has 0 radical (unpaired) electrons. The van der Waals surface area contributed by atoms with E-state index in [-0.39, 0.29) is 0 Å². The van der Waals surface area contributed by atoms with Gasteiger partial charge < -0.3 is 15.4 Å². The van der Waals surface area contributed by atoms with Gasteiger partial charge in [0.25, 0.3) is 0 Å². The lowest BCUT2D eigenvalue weighted by atomic mass is 9.96. The van der Waals surface area contributed by atoms with E-state index in [0.29, 0.717) is 12.1 Å². The molecular weight excluding hydrogens is 224 g/mol. The maximum Gasteiger partial charge on any atom is 0.0620 e. The van der Waals surface area contributed by atoms with Crippen LogP contribution in [-0.2, 0) is 4.74 Å². The molecule has 1 saturated heterocycles. The highest BCUT2D eigenvalue weighted by Crippen LogP contribution is 2.21. The molecule has 2 unspecified atom stereocenters. The molecule has 2 N–H and O–H groups in total. The van der Waals surface area contributed by atoms with Crippen molar-refractivity contribution in [3.63, 3.8) is 0 Å². The Hall–Kier alpha value is -0.900. The normalized spacial score (nSPS) is 21.8. The second-order valence-corrected chi connectivity index (χ2v) is 5.15. The van der Waals surface area contributed by atoms with Crippen molar-refractivity contribution in [3.8, 4) is 0 Å². The van der Waals surface area contributed by atoms with E-state index in [0.717, 1.165) is 26.2 Å². The Labute approximate surface area is 110 Å². The summed E-state index contributed by atoms with van der Waals surface area (Å²) in [6.45, 7) is 6.96. The van der Waals surface area contributed by atoms with Gasteiger partial charge >= 0.3 is 0 Å². The van der Waals surface area contributed by atoms with E-state index >= 15 is 0 Å². The average molecular weight is 248 g/mol. The first-order valence-electron chi connectivity index (χ1n) is 6.76. The third kappa shape index (κ3) is 3.31. The van der Waals surface area contributed by atoms with Crippen LogP contribution in [0.5, 0.6) is 0 Å². The Morgan fingerprint density at radius 1 is 1.39 bits per heavy atom. The summed E-state index contributed by atoms with van der Waals surface area (Å²) in [6, 6.07) is 7.58. The summed E-state index contributed by atoms with van der Waals surface area (Å²) in [5, 5.41) is 6.93. The van der Waals surface area contributed by atoms with Gasteiger partial charge in [0.05, 0.1) is 13.2 Å². The number of ether oxygens (including phenoxy) is 1. The van der Waals surface area contributed by atoms with Crippen LogP contribution in [0.25, 0.3) is 0 Å². The SMILES string of the molecule is CNC(CC1COCCN1)c1ccc(C)c(C)c1. The molecule has 2 atom stereocenters. The fourth-order valence-electron chi connectivity index (χ4n) is 2.46. The molecule has 0 spiro atoms. The topological polar surface area (TPSA) is 33.3 Å². The summed E-state index contributed by atoms with van der Waals surface area (Å²) in [6.07, 6.45) is 1.07. The van der Waals surface area contributed by atoms with Gasteiger partial charge in [-0.15, -0.1) is 0 Å². The van der Waals surface area contributed by atoms with Crippen molar-refractivity contribution < 1.29 is 4.74 Å². The van der Waals surface area contributed by atoms with E-state index in [1.807, 2.05) is 7.05 Å². The zero-order valence-corrected chi connectivity index (χ0v) is 11.6. The number of aryl methyl sites for hydroxylation is 2. The van der Waals surface area contributed by atoms with Crippen molar-refractivity contribution in [2.45, 2.75) is 32.4 Å². The molecule has 0 bridgehead atoms. The van der Waals surface area contributed by atoms with E-state index in [9.17, 15) is 0 Å². The lowest BCUT2D eigenvalue weighted by Gasteiger charge is -2.28. The number of nitrogens with one attached hydrogen (secondary N) is 2. The number of benzene rings is 1. The molecule has 1 fully saturated rings. The molecule has 1 aromatic rings. The van der Waals surface area contributed by atoms with Crippen molar-refractivity contribution in [1.82, 2.24) is 10.6 Å². The highest BCUT2D eigenvalue weighted by molar-refractivity contribution is 5.31. The Balaban J connectivity index is 2.04. The van der Waals surface area contributed by atoms with Gasteiger partial charge in [-0.25, -0.2) is 0 Å². The summed E-state index contributed by atoms with van der Waals surface area (Å²) in [5.41, 5.74) is 4.08. The van der Waals surface area contributed by atoms with Crippen LogP contribution in [0.1, 0.15) is 29.2 Å². The van der Waals surface area contributed by atoms with Gasteiger partial charge in [0.1, 0.15) is 0 Å². The first-order valence-corrected chi connectivity index (χ1v) is 6.76. The fraction of sp³-hybridized carbons (Fsp3) is 0.600. The van der Waals surface area contributed by atoms with Gasteiger partial charge in [-0.3, -0.25) is 0 Å². The summed E-state index contributed by atoms with van der Waals surface area (Å²) in [4.78, 5) is 0. The van der Waals surface area contributed by atoms with Gasteiger partial charge in [0, 0.05) is 18.6 Å². The van der Waals surface area contributed by atoms with Crippen molar-refractivity contribution in [2.24, 2.45) is 0 Å². The van der Waals surface area contributed by atoms with Gasteiger partial charge in [-0.05, 0) is 44.0 Å². The highest BCUT2D eigenvalue weighted by atomic mass is 16.5. The van der Waals surface area contributed by atoms with E-state index < -0.39 is 0 Å². The molecular formula is C15H24N2O. The second kappa shape index (κ2) is 6.32. The van der Waals surface area contributed by atoms with Crippen LogP contribution in [0.4, 0.5) is 0 Å². The second-order valence-electron chi connectivity index (χ2n) is 5.15. The fourth-order valence-corrected chi connectivity index (χ4v) is 2.46. The maximum absolute atomic E-state index is 5.52. The molecule has 3 heteroatoms. The monoisotopic (exact) mass is 248 g/mol. The molecule has 0 aliphatic carbocycles. The predicted molar refractivity (Wildman–Crippen MR) is 74.9 cm³/mol. The number of hydrogen-bond acceptors (Lipinski definition) is 3. The van der Waals surface area contributed by atoms with E-state index in [1.54, 1.807) is 0 Å². The number of hydrogen-bond donors (Lipinski definition) is 2. The minimum atomic E-state index is 0.392. The van der Waals surface area contributed by atoms with E-state index in [1.165, 1.54) is 16.7 Å². The lowest BCUT2D eigenvalue weighted by Crippen LogP contribution is -2.43. The summed E-state index contributed by atoms with van der Waals surface area (Å²) >= 11 is 0. The number of morpholine rings is 1. The van der Waals surface area contributed by atoms with E-state index in [2.05, 4.69) is 42.7 Å². The standard InChI is InChI=1S/C15H24N2O/c1-11-4-5-13(8-12(11)2)15(16-3)9-14-10-18-7-6-17-14/h4-5,8,14-17H,6-7,9-10H2,1-3H3. The van der Waals surface area contributed by atoms with Crippen LogP contribution in [0.3, 0.4) is 0 Å². The molecule has 0 saturated carbocycles. The van der Waals surface area contributed by atoms with Crippen molar-refractivity contribution >= 4 is 0 Å². The molecule has 18 heavy (non-hydrogen) atoms. The molecule has 0 amide bonds. The first kappa shape index (κ1) is 13.5. The van der Waals surface area contributed by atoms with E-state index in [4.69, 9.17) is 4.74 Å². The highest BCUT2D eigenvalue weighted by Gasteiger charge is 2.19. The van der Waals surface area contributed by atoms with Crippen LogP contribution in [0.15, 0.2) is 18.2 Å². The Morgan fingerprint density at radius 3 is 2.83 bits per heavy atom. The molecule has 1 aliphatic heterocycles. The van der Waals surface area contributed by atoms with Gasteiger partial charge in [-0.2, -0.15) is 0 Å². The van der Waals surface area contributed by atoms with Crippen LogP contribution < -0.4 is 10.6 Å². The summed E-state index contributed by atoms with van der Waals surface area (Å²) in [7, 11) is 2.03. The third-order valence-electron chi connectivity index (χ3n) is 3.80. The Bertz CT molecular complexity index is 386. The summed E-state index contributed by atoms with van der Waals surface area (Å²) < 4.78 is 5.52. The van der Waals surface area contributed by atoms with Crippen molar-refractivity contribution in [1.29, 1.82) is 0 Å². The van der Waals surface area contributed by atoms with Crippen molar-refractivity contribution in [2.75, 3.05) is 26.8 Å². The average Bonchev–Trinajstić information content (AvgIpc) is 2.40. The van der Waals surface area contributed by atoms with Crippen LogP contribution in [0, 0.1) is 13.8 Å². The van der Waals surface area contributed by atoms with Crippen LogP contribution in [-0.4, -0.2) is 32.8 Å². The third-order valence-corrected chi connectivity index (χ3v) is 3.80. The Morgan fingerprint density at radius 2 is 2.22 bits per heavy atom. The van der Waals surface area contributed by atoms with Gasteiger partial charge in [0.15, 0.2) is 0 Å². The largest absolute Gasteiger partial charge is 0.379 e. The van der Waals surface area contributed by atoms with Gasteiger partial charge in [0.2, 0.25) is 0 Å².